The lowest BCUT2D eigenvalue weighted by atomic mass is 10.0. The van der Waals surface area contributed by atoms with E-state index in [4.69, 9.17) is 9.47 Å². The van der Waals surface area contributed by atoms with Crippen LogP contribution in [0.1, 0.15) is 20.8 Å². The third-order valence-corrected chi connectivity index (χ3v) is 4.16. The van der Waals surface area contributed by atoms with Crippen molar-refractivity contribution in [1.82, 2.24) is 15.5 Å². The van der Waals surface area contributed by atoms with Gasteiger partial charge in [0.25, 0.3) is 0 Å². The van der Waals surface area contributed by atoms with Crippen molar-refractivity contribution in [2.24, 2.45) is 0 Å². The monoisotopic (exact) mass is 285 g/mol. The Hall–Kier alpha value is -0.690. The topological polar surface area (TPSA) is 62.8 Å². The van der Waals surface area contributed by atoms with Crippen LogP contribution < -0.4 is 10.6 Å². The minimum Gasteiger partial charge on any atom is -0.379 e. The number of hydrogen-bond acceptors (Lipinski definition) is 5. The molecule has 2 saturated heterocycles. The summed E-state index contributed by atoms with van der Waals surface area (Å²) in [7, 11) is 0. The van der Waals surface area contributed by atoms with Crippen LogP contribution in [0.2, 0.25) is 0 Å². The molecule has 0 unspecified atom stereocenters. The zero-order valence-electron chi connectivity index (χ0n) is 12.8. The summed E-state index contributed by atoms with van der Waals surface area (Å²) in [6, 6.07) is -0.246. The lowest BCUT2D eigenvalue weighted by molar-refractivity contribution is -0.129. The summed E-state index contributed by atoms with van der Waals surface area (Å²) in [5, 5.41) is 6.27. The van der Waals surface area contributed by atoms with Crippen LogP contribution in [-0.4, -0.2) is 74.5 Å². The second kappa shape index (κ2) is 6.85. The van der Waals surface area contributed by atoms with Crippen LogP contribution in [-0.2, 0) is 14.3 Å². The van der Waals surface area contributed by atoms with Gasteiger partial charge in [0.1, 0.15) is 6.04 Å². The Bertz CT molecular complexity index is 330. The fraction of sp³-hybridized carbons (Fsp3) is 0.929. The standard InChI is InChI=1S/C14H27N3O3/c1-11-12(15-4-7-20-11)13(18)16-10-14(2,3)17-5-8-19-9-6-17/h11-12,15H,4-10H2,1-3H3,(H,16,18)/t11-,12+/m1/s1. The fourth-order valence-corrected chi connectivity index (χ4v) is 2.72. The molecule has 2 N–H and O–H groups in total. The molecule has 0 radical (unpaired) electrons. The van der Waals surface area contributed by atoms with E-state index in [0.29, 0.717) is 13.2 Å². The molecular weight excluding hydrogens is 258 g/mol. The van der Waals surface area contributed by atoms with Gasteiger partial charge in [0.2, 0.25) is 5.91 Å². The minimum atomic E-state index is -0.246. The van der Waals surface area contributed by atoms with Crippen molar-refractivity contribution in [2.45, 2.75) is 38.5 Å². The Morgan fingerprint density at radius 2 is 2.05 bits per heavy atom. The molecule has 1 amide bonds. The second-order valence-corrected chi connectivity index (χ2v) is 6.14. The van der Waals surface area contributed by atoms with Crippen LogP contribution in [0.5, 0.6) is 0 Å². The number of amides is 1. The smallest absolute Gasteiger partial charge is 0.239 e. The zero-order chi connectivity index (χ0) is 14.6. The summed E-state index contributed by atoms with van der Waals surface area (Å²) in [6.45, 7) is 11.7. The van der Waals surface area contributed by atoms with Gasteiger partial charge in [-0.3, -0.25) is 9.69 Å². The molecule has 6 nitrogen and oxygen atoms in total. The van der Waals surface area contributed by atoms with Crippen molar-refractivity contribution in [3.63, 3.8) is 0 Å². The number of hydrogen-bond donors (Lipinski definition) is 2. The number of morpholine rings is 2. The SMILES string of the molecule is C[C@H]1OCCN[C@@H]1C(=O)NCC(C)(C)N1CCOCC1. The average Bonchev–Trinajstić information content (AvgIpc) is 2.46. The van der Waals surface area contributed by atoms with E-state index in [1.807, 2.05) is 6.92 Å². The number of carbonyl (C=O) groups excluding carboxylic acids is 1. The molecule has 116 valence electrons. The molecule has 2 fully saturated rings. The van der Waals surface area contributed by atoms with E-state index in [9.17, 15) is 4.79 Å². The van der Waals surface area contributed by atoms with E-state index in [1.54, 1.807) is 0 Å². The maximum Gasteiger partial charge on any atom is 0.239 e. The predicted octanol–water partition coefficient (Wildman–Crippen LogP) is -0.410. The Kier molecular flexibility index (Phi) is 5.37. The summed E-state index contributed by atoms with van der Waals surface area (Å²) in [5.41, 5.74) is -0.0573. The molecule has 2 rings (SSSR count). The summed E-state index contributed by atoms with van der Waals surface area (Å²) >= 11 is 0. The number of nitrogens with zero attached hydrogens (tertiary/aromatic N) is 1. The Balaban J connectivity index is 1.82. The molecule has 2 aliphatic heterocycles. The first-order valence-electron chi connectivity index (χ1n) is 7.46. The number of carbonyl (C=O) groups is 1. The van der Waals surface area contributed by atoms with Crippen molar-refractivity contribution in [3.8, 4) is 0 Å². The number of nitrogens with one attached hydrogen (secondary N) is 2. The average molecular weight is 285 g/mol. The summed E-state index contributed by atoms with van der Waals surface area (Å²) in [5.74, 6) is 0.0264. The van der Waals surface area contributed by atoms with E-state index in [2.05, 4.69) is 29.4 Å². The first-order valence-corrected chi connectivity index (χ1v) is 7.46. The normalized spacial score (nSPS) is 29.1. The molecule has 0 spiro atoms. The van der Waals surface area contributed by atoms with Crippen LogP contribution in [0.4, 0.5) is 0 Å². The largest absolute Gasteiger partial charge is 0.379 e. The van der Waals surface area contributed by atoms with Crippen LogP contribution in [0.15, 0.2) is 0 Å². The lowest BCUT2D eigenvalue weighted by Gasteiger charge is -2.41. The third-order valence-electron chi connectivity index (χ3n) is 4.16. The van der Waals surface area contributed by atoms with Gasteiger partial charge in [-0.1, -0.05) is 0 Å². The molecule has 2 atom stereocenters. The summed E-state index contributed by atoms with van der Waals surface area (Å²) in [4.78, 5) is 14.6. The molecule has 2 aliphatic rings. The second-order valence-electron chi connectivity index (χ2n) is 6.14. The van der Waals surface area contributed by atoms with Gasteiger partial charge < -0.3 is 20.1 Å². The van der Waals surface area contributed by atoms with Gasteiger partial charge in [0.05, 0.1) is 25.9 Å². The molecule has 20 heavy (non-hydrogen) atoms. The first kappa shape index (κ1) is 15.7. The van der Waals surface area contributed by atoms with Crippen LogP contribution in [0.25, 0.3) is 0 Å². The molecule has 6 heteroatoms. The number of rotatable bonds is 4. The van der Waals surface area contributed by atoms with Gasteiger partial charge >= 0.3 is 0 Å². The Morgan fingerprint density at radius 3 is 2.70 bits per heavy atom. The van der Waals surface area contributed by atoms with E-state index in [1.165, 1.54) is 0 Å². The van der Waals surface area contributed by atoms with E-state index in [0.717, 1.165) is 32.8 Å². The van der Waals surface area contributed by atoms with Gasteiger partial charge in [-0.25, -0.2) is 0 Å². The zero-order valence-corrected chi connectivity index (χ0v) is 12.8. The van der Waals surface area contributed by atoms with Crippen molar-refractivity contribution in [2.75, 3.05) is 46.0 Å². The molecule has 0 aromatic heterocycles. The van der Waals surface area contributed by atoms with Crippen LogP contribution >= 0.6 is 0 Å². The van der Waals surface area contributed by atoms with Gasteiger partial charge in [-0.2, -0.15) is 0 Å². The quantitative estimate of drug-likeness (QED) is 0.735. The van der Waals surface area contributed by atoms with Crippen molar-refractivity contribution >= 4 is 5.91 Å². The Morgan fingerprint density at radius 1 is 1.35 bits per heavy atom. The highest BCUT2D eigenvalue weighted by Gasteiger charge is 2.32. The summed E-state index contributed by atoms with van der Waals surface area (Å²) in [6.07, 6.45) is -0.0738. The van der Waals surface area contributed by atoms with Gasteiger partial charge in [-0.05, 0) is 20.8 Å². The lowest BCUT2D eigenvalue weighted by Crippen LogP contribution is -2.60. The maximum atomic E-state index is 12.2. The molecule has 0 aliphatic carbocycles. The van der Waals surface area contributed by atoms with E-state index < -0.39 is 0 Å². The maximum absolute atomic E-state index is 12.2. The van der Waals surface area contributed by atoms with E-state index >= 15 is 0 Å². The number of ether oxygens (including phenoxy) is 2. The van der Waals surface area contributed by atoms with Gasteiger partial charge in [0.15, 0.2) is 0 Å². The first-order chi connectivity index (χ1) is 9.50. The molecule has 2 heterocycles. The molecule has 0 saturated carbocycles. The predicted molar refractivity (Wildman–Crippen MR) is 76.7 cm³/mol. The third kappa shape index (κ3) is 3.91. The highest BCUT2D eigenvalue weighted by Crippen LogP contribution is 2.15. The molecule has 0 bridgehead atoms. The minimum absolute atomic E-state index is 0.0264. The molecule has 0 aromatic carbocycles. The highest BCUT2D eigenvalue weighted by atomic mass is 16.5. The van der Waals surface area contributed by atoms with Crippen molar-refractivity contribution in [3.05, 3.63) is 0 Å². The van der Waals surface area contributed by atoms with Crippen LogP contribution in [0, 0.1) is 0 Å². The fourth-order valence-electron chi connectivity index (χ4n) is 2.72. The van der Waals surface area contributed by atoms with Crippen molar-refractivity contribution < 1.29 is 14.3 Å². The van der Waals surface area contributed by atoms with Crippen molar-refractivity contribution in [1.29, 1.82) is 0 Å². The summed E-state index contributed by atoms with van der Waals surface area (Å²) < 4.78 is 10.9. The van der Waals surface area contributed by atoms with Gasteiger partial charge in [0, 0.05) is 31.7 Å². The van der Waals surface area contributed by atoms with Gasteiger partial charge in [-0.15, -0.1) is 0 Å². The molecule has 0 aromatic rings. The Labute approximate surface area is 121 Å². The molecular formula is C14H27N3O3. The van der Waals surface area contributed by atoms with E-state index in [-0.39, 0.29) is 23.6 Å². The highest BCUT2D eigenvalue weighted by molar-refractivity contribution is 5.82. The van der Waals surface area contributed by atoms with Crippen LogP contribution in [0.3, 0.4) is 0 Å².